The minimum absolute atomic E-state index is 0.116. The SMILES string of the molecule is N#Cc1cccc(-c2nc3[nH]ccc(=O)c3cc2-c2cc(Cl)c3ncsc3c2)c1. The van der Waals surface area contributed by atoms with Crippen molar-refractivity contribution in [2.24, 2.45) is 0 Å². The smallest absolute Gasteiger partial charge is 0.191 e. The highest BCUT2D eigenvalue weighted by Gasteiger charge is 2.16. The molecule has 29 heavy (non-hydrogen) atoms. The highest BCUT2D eigenvalue weighted by atomic mass is 35.5. The second-order valence-electron chi connectivity index (χ2n) is 6.47. The van der Waals surface area contributed by atoms with Crippen LogP contribution in [0.25, 0.3) is 43.6 Å². The van der Waals surface area contributed by atoms with Crippen LogP contribution in [0.4, 0.5) is 0 Å². The Labute approximate surface area is 173 Å². The average Bonchev–Trinajstić information content (AvgIpc) is 3.23. The number of nitrogens with one attached hydrogen (secondary N) is 1. The Hall–Kier alpha value is -3.53. The van der Waals surface area contributed by atoms with E-state index in [0.717, 1.165) is 26.9 Å². The highest BCUT2D eigenvalue weighted by molar-refractivity contribution is 7.16. The van der Waals surface area contributed by atoms with E-state index < -0.39 is 0 Å². The molecular weight excluding hydrogens is 404 g/mol. The number of halogens is 1. The number of H-pyrrole nitrogens is 1. The summed E-state index contributed by atoms with van der Waals surface area (Å²) in [5.41, 5.74) is 6.46. The van der Waals surface area contributed by atoms with Gasteiger partial charge in [0.2, 0.25) is 0 Å². The summed E-state index contributed by atoms with van der Waals surface area (Å²) in [6, 6.07) is 16.5. The molecule has 5 rings (SSSR count). The van der Waals surface area contributed by atoms with Gasteiger partial charge in [0.25, 0.3) is 0 Å². The van der Waals surface area contributed by atoms with E-state index in [1.165, 1.54) is 17.4 Å². The van der Waals surface area contributed by atoms with E-state index in [1.807, 2.05) is 30.3 Å². The number of nitriles is 1. The zero-order chi connectivity index (χ0) is 20.0. The number of pyridine rings is 2. The first-order valence-corrected chi connectivity index (χ1v) is 9.96. The molecule has 1 N–H and O–H groups in total. The predicted octanol–water partition coefficient (Wildman–Crippen LogP) is 5.39. The number of rotatable bonds is 2. The predicted molar refractivity (Wildman–Crippen MR) is 116 cm³/mol. The van der Waals surface area contributed by atoms with Crippen LogP contribution >= 0.6 is 22.9 Å². The molecule has 2 aromatic carbocycles. The molecule has 0 spiro atoms. The number of hydrogen-bond donors (Lipinski definition) is 1. The molecule has 0 fully saturated rings. The summed E-state index contributed by atoms with van der Waals surface area (Å²) in [6.45, 7) is 0. The molecule has 0 saturated carbocycles. The lowest BCUT2D eigenvalue weighted by atomic mass is 9.97. The van der Waals surface area contributed by atoms with Crippen LogP contribution in [0.2, 0.25) is 5.02 Å². The van der Waals surface area contributed by atoms with Gasteiger partial charge in [0.15, 0.2) is 5.43 Å². The van der Waals surface area contributed by atoms with Gasteiger partial charge in [0.05, 0.1) is 43.5 Å². The van der Waals surface area contributed by atoms with Crippen molar-refractivity contribution in [3.05, 3.63) is 81.0 Å². The molecule has 0 aliphatic heterocycles. The quantitative estimate of drug-likeness (QED) is 0.419. The van der Waals surface area contributed by atoms with Crippen molar-refractivity contribution in [2.45, 2.75) is 0 Å². The van der Waals surface area contributed by atoms with E-state index in [4.69, 9.17) is 16.6 Å². The molecule has 0 unspecified atom stereocenters. The molecule has 3 aromatic heterocycles. The molecular formula is C22H11ClN4OS. The van der Waals surface area contributed by atoms with E-state index >= 15 is 0 Å². The van der Waals surface area contributed by atoms with Crippen LogP contribution in [0.15, 0.2) is 65.0 Å². The maximum atomic E-state index is 12.4. The summed E-state index contributed by atoms with van der Waals surface area (Å²) < 4.78 is 0.950. The normalized spacial score (nSPS) is 11.0. The summed E-state index contributed by atoms with van der Waals surface area (Å²) >= 11 is 7.96. The van der Waals surface area contributed by atoms with Crippen molar-refractivity contribution in [1.82, 2.24) is 15.0 Å². The van der Waals surface area contributed by atoms with Gasteiger partial charge in [-0.05, 0) is 35.9 Å². The van der Waals surface area contributed by atoms with Crippen LogP contribution in [0, 0.1) is 11.3 Å². The van der Waals surface area contributed by atoms with Crippen molar-refractivity contribution in [3.63, 3.8) is 0 Å². The molecule has 0 radical (unpaired) electrons. The lowest BCUT2D eigenvalue weighted by molar-refractivity contribution is 1.28. The second-order valence-corrected chi connectivity index (χ2v) is 7.77. The Morgan fingerprint density at radius 3 is 2.86 bits per heavy atom. The van der Waals surface area contributed by atoms with Crippen LogP contribution in [-0.4, -0.2) is 15.0 Å². The molecule has 0 bridgehead atoms. The molecule has 0 amide bonds. The number of aromatic amines is 1. The van der Waals surface area contributed by atoms with E-state index in [-0.39, 0.29) is 5.43 Å². The monoisotopic (exact) mass is 414 g/mol. The van der Waals surface area contributed by atoms with Crippen LogP contribution in [-0.2, 0) is 0 Å². The molecule has 5 nitrogen and oxygen atoms in total. The van der Waals surface area contributed by atoms with Gasteiger partial charge in [-0.1, -0.05) is 23.7 Å². The van der Waals surface area contributed by atoms with Gasteiger partial charge in [-0.3, -0.25) is 4.79 Å². The van der Waals surface area contributed by atoms with Gasteiger partial charge in [-0.15, -0.1) is 11.3 Å². The Balaban J connectivity index is 1.87. The number of benzene rings is 2. The Bertz CT molecular complexity index is 1510. The van der Waals surface area contributed by atoms with Gasteiger partial charge in [-0.25, -0.2) is 9.97 Å². The number of thiazole rings is 1. The number of hydrogen-bond acceptors (Lipinski definition) is 5. The summed E-state index contributed by atoms with van der Waals surface area (Å²) in [5.74, 6) is 0. The summed E-state index contributed by atoms with van der Waals surface area (Å²) in [5, 5.41) is 10.3. The fourth-order valence-corrected chi connectivity index (χ4v) is 4.42. The topological polar surface area (TPSA) is 82.4 Å². The van der Waals surface area contributed by atoms with E-state index in [1.54, 1.807) is 23.8 Å². The van der Waals surface area contributed by atoms with Crippen molar-refractivity contribution >= 4 is 44.2 Å². The van der Waals surface area contributed by atoms with Crippen LogP contribution in [0.3, 0.4) is 0 Å². The van der Waals surface area contributed by atoms with Crippen LogP contribution < -0.4 is 5.43 Å². The van der Waals surface area contributed by atoms with E-state index in [0.29, 0.717) is 27.3 Å². The Kier molecular flexibility index (Phi) is 4.13. The van der Waals surface area contributed by atoms with E-state index in [2.05, 4.69) is 16.0 Å². The molecule has 7 heteroatoms. The summed E-state index contributed by atoms with van der Waals surface area (Å²) in [7, 11) is 0. The van der Waals surface area contributed by atoms with Gasteiger partial charge < -0.3 is 4.98 Å². The summed E-state index contributed by atoms with van der Waals surface area (Å²) in [6.07, 6.45) is 1.58. The lowest BCUT2D eigenvalue weighted by Crippen LogP contribution is -2.03. The molecule has 0 aliphatic rings. The minimum Gasteiger partial charge on any atom is -0.346 e. The fraction of sp³-hybridized carbons (Fsp3) is 0. The first-order chi connectivity index (χ1) is 14.1. The van der Waals surface area contributed by atoms with Gasteiger partial charge in [0, 0.05) is 23.4 Å². The molecule has 5 aromatic rings. The van der Waals surface area contributed by atoms with Crippen molar-refractivity contribution in [3.8, 4) is 28.5 Å². The number of nitrogens with zero attached hydrogens (tertiary/aromatic N) is 3. The van der Waals surface area contributed by atoms with Gasteiger partial charge >= 0.3 is 0 Å². The fourth-order valence-electron chi connectivity index (χ4n) is 3.35. The van der Waals surface area contributed by atoms with Gasteiger partial charge in [0.1, 0.15) is 5.65 Å². The standard InChI is InChI=1S/C22H11ClN4OS/c23-17-7-14(8-19-21(17)26-11-29-19)15-9-16-18(28)4-5-25-22(16)27-20(15)13-3-1-2-12(6-13)10-24/h1-9,11H,(H,25,27,28). The molecule has 3 heterocycles. The molecule has 0 atom stereocenters. The lowest BCUT2D eigenvalue weighted by Gasteiger charge is -2.12. The van der Waals surface area contributed by atoms with E-state index in [9.17, 15) is 10.1 Å². The first kappa shape index (κ1) is 17.6. The zero-order valence-corrected chi connectivity index (χ0v) is 16.4. The zero-order valence-electron chi connectivity index (χ0n) is 14.8. The maximum absolute atomic E-state index is 12.4. The van der Waals surface area contributed by atoms with Crippen molar-refractivity contribution in [1.29, 1.82) is 5.26 Å². The Morgan fingerprint density at radius 2 is 2.00 bits per heavy atom. The number of aromatic nitrogens is 3. The van der Waals surface area contributed by atoms with Crippen molar-refractivity contribution < 1.29 is 0 Å². The minimum atomic E-state index is -0.116. The first-order valence-electron chi connectivity index (χ1n) is 8.70. The highest BCUT2D eigenvalue weighted by Crippen LogP contribution is 2.37. The van der Waals surface area contributed by atoms with Crippen molar-refractivity contribution in [2.75, 3.05) is 0 Å². The van der Waals surface area contributed by atoms with Crippen LogP contribution in [0.5, 0.6) is 0 Å². The van der Waals surface area contributed by atoms with Crippen LogP contribution in [0.1, 0.15) is 5.56 Å². The average molecular weight is 415 g/mol. The molecule has 0 aliphatic carbocycles. The Morgan fingerprint density at radius 1 is 1.10 bits per heavy atom. The summed E-state index contributed by atoms with van der Waals surface area (Å²) in [4.78, 5) is 24.5. The second kappa shape index (κ2) is 6.82. The maximum Gasteiger partial charge on any atom is 0.191 e. The number of fused-ring (bicyclic) bond motifs is 2. The third kappa shape index (κ3) is 2.97. The molecule has 138 valence electrons. The van der Waals surface area contributed by atoms with Gasteiger partial charge in [-0.2, -0.15) is 5.26 Å². The third-order valence-electron chi connectivity index (χ3n) is 4.71. The largest absolute Gasteiger partial charge is 0.346 e. The molecule has 0 saturated heterocycles. The third-order valence-corrected chi connectivity index (χ3v) is 5.77.